The number of anilines is 1. The third kappa shape index (κ3) is 2.48. The fraction of sp³-hybridized carbons (Fsp3) is 0.600. The summed E-state index contributed by atoms with van der Waals surface area (Å²) in [6.45, 7) is 10.6. The van der Waals surface area contributed by atoms with Crippen molar-refractivity contribution in [2.24, 2.45) is 5.41 Å². The van der Waals surface area contributed by atoms with Gasteiger partial charge in [-0.25, -0.2) is 4.98 Å². The summed E-state index contributed by atoms with van der Waals surface area (Å²) in [5, 5.41) is 9.31. The van der Waals surface area contributed by atoms with Gasteiger partial charge in [0.15, 0.2) is 0 Å². The van der Waals surface area contributed by atoms with Gasteiger partial charge >= 0.3 is 0 Å². The SMILES string of the molecule is Cc1cc(C)c(C#N)c(N2CCC(C)(C)CC2)n1. The Kier molecular flexibility index (Phi) is 3.30. The Bertz CT molecular complexity index is 487. The minimum atomic E-state index is 0.419. The first-order chi connectivity index (χ1) is 8.43. The zero-order chi connectivity index (χ0) is 13.3. The highest BCUT2D eigenvalue weighted by molar-refractivity contribution is 5.58. The van der Waals surface area contributed by atoms with E-state index in [1.165, 1.54) is 0 Å². The summed E-state index contributed by atoms with van der Waals surface area (Å²) in [5.41, 5.74) is 3.18. The molecule has 1 aromatic heterocycles. The summed E-state index contributed by atoms with van der Waals surface area (Å²) in [5.74, 6) is 0.880. The largest absolute Gasteiger partial charge is 0.355 e. The van der Waals surface area contributed by atoms with Crippen LogP contribution in [0.5, 0.6) is 0 Å². The van der Waals surface area contributed by atoms with Crippen molar-refractivity contribution in [2.45, 2.75) is 40.5 Å². The molecular formula is C15H21N3. The number of rotatable bonds is 1. The molecule has 18 heavy (non-hydrogen) atoms. The molecule has 1 aromatic rings. The molecule has 1 aliphatic rings. The lowest BCUT2D eigenvalue weighted by molar-refractivity contribution is 0.279. The number of hydrogen-bond acceptors (Lipinski definition) is 3. The first-order valence-corrected chi connectivity index (χ1v) is 6.56. The maximum absolute atomic E-state index is 9.31. The predicted molar refractivity (Wildman–Crippen MR) is 73.7 cm³/mol. The van der Waals surface area contributed by atoms with Gasteiger partial charge in [-0.15, -0.1) is 0 Å². The van der Waals surface area contributed by atoms with Crippen LogP contribution >= 0.6 is 0 Å². The van der Waals surface area contributed by atoms with E-state index in [4.69, 9.17) is 0 Å². The zero-order valence-electron chi connectivity index (χ0n) is 11.7. The lowest BCUT2D eigenvalue weighted by Crippen LogP contribution is -2.38. The molecule has 3 nitrogen and oxygen atoms in total. The molecule has 0 spiro atoms. The van der Waals surface area contributed by atoms with Gasteiger partial charge in [0, 0.05) is 18.8 Å². The van der Waals surface area contributed by atoms with Gasteiger partial charge < -0.3 is 4.90 Å². The lowest BCUT2D eigenvalue weighted by atomic mass is 9.82. The van der Waals surface area contributed by atoms with Crippen LogP contribution in [-0.2, 0) is 0 Å². The van der Waals surface area contributed by atoms with Gasteiger partial charge in [0.05, 0.1) is 5.56 Å². The molecule has 0 aliphatic carbocycles. The van der Waals surface area contributed by atoms with Crippen molar-refractivity contribution in [1.82, 2.24) is 4.98 Å². The Labute approximate surface area is 109 Å². The molecule has 2 heterocycles. The molecule has 0 unspecified atom stereocenters. The van der Waals surface area contributed by atoms with E-state index in [0.717, 1.165) is 48.6 Å². The van der Waals surface area contributed by atoms with E-state index in [1.807, 2.05) is 19.9 Å². The van der Waals surface area contributed by atoms with Crippen molar-refractivity contribution in [3.63, 3.8) is 0 Å². The summed E-state index contributed by atoms with van der Waals surface area (Å²) in [7, 11) is 0. The molecule has 0 radical (unpaired) electrons. The van der Waals surface area contributed by atoms with Crippen LogP contribution in [0, 0.1) is 30.6 Å². The molecule has 0 atom stereocenters. The molecule has 1 aliphatic heterocycles. The molecule has 96 valence electrons. The molecule has 1 fully saturated rings. The normalized spacial score (nSPS) is 18.5. The number of aryl methyl sites for hydroxylation is 2. The van der Waals surface area contributed by atoms with Crippen molar-refractivity contribution < 1.29 is 0 Å². The highest BCUT2D eigenvalue weighted by Gasteiger charge is 2.27. The Morgan fingerprint density at radius 1 is 1.28 bits per heavy atom. The molecule has 3 heteroatoms. The second-order valence-electron chi connectivity index (χ2n) is 6.04. The molecule has 0 bridgehead atoms. The number of piperidine rings is 1. The van der Waals surface area contributed by atoms with Gasteiger partial charge in [0.25, 0.3) is 0 Å². The highest BCUT2D eigenvalue weighted by Crippen LogP contribution is 2.33. The fourth-order valence-corrected chi connectivity index (χ4v) is 2.51. The average molecular weight is 243 g/mol. The molecular weight excluding hydrogens is 222 g/mol. The number of nitrogens with zero attached hydrogens (tertiary/aromatic N) is 3. The van der Waals surface area contributed by atoms with Crippen LogP contribution in [-0.4, -0.2) is 18.1 Å². The van der Waals surface area contributed by atoms with E-state index in [2.05, 4.69) is 29.8 Å². The maximum Gasteiger partial charge on any atom is 0.147 e. The second kappa shape index (κ2) is 4.61. The van der Waals surface area contributed by atoms with Crippen molar-refractivity contribution in [3.05, 3.63) is 22.9 Å². The van der Waals surface area contributed by atoms with E-state index in [9.17, 15) is 5.26 Å². The summed E-state index contributed by atoms with van der Waals surface area (Å²) >= 11 is 0. The van der Waals surface area contributed by atoms with Gasteiger partial charge in [-0.2, -0.15) is 5.26 Å². The first kappa shape index (κ1) is 12.9. The lowest BCUT2D eigenvalue weighted by Gasteiger charge is -2.38. The van der Waals surface area contributed by atoms with Crippen molar-refractivity contribution in [3.8, 4) is 6.07 Å². The van der Waals surface area contributed by atoms with Gasteiger partial charge in [0.1, 0.15) is 11.9 Å². The summed E-state index contributed by atoms with van der Waals surface area (Å²) in [6, 6.07) is 4.29. The van der Waals surface area contributed by atoms with Gasteiger partial charge in [-0.05, 0) is 43.7 Å². The predicted octanol–water partition coefficient (Wildman–Crippen LogP) is 3.20. The third-order valence-corrected chi connectivity index (χ3v) is 3.85. The van der Waals surface area contributed by atoms with E-state index in [1.54, 1.807) is 0 Å². The Hall–Kier alpha value is -1.56. The number of pyridine rings is 1. The van der Waals surface area contributed by atoms with Gasteiger partial charge in [0.2, 0.25) is 0 Å². The first-order valence-electron chi connectivity index (χ1n) is 6.56. The van der Waals surface area contributed by atoms with Crippen LogP contribution in [0.4, 0.5) is 5.82 Å². The fourth-order valence-electron chi connectivity index (χ4n) is 2.51. The number of hydrogen-bond donors (Lipinski definition) is 0. The number of aromatic nitrogens is 1. The Morgan fingerprint density at radius 3 is 2.44 bits per heavy atom. The minimum Gasteiger partial charge on any atom is -0.355 e. The molecule has 0 aromatic carbocycles. The van der Waals surface area contributed by atoms with Crippen LogP contribution in [0.1, 0.15) is 43.5 Å². The molecule has 0 N–H and O–H groups in total. The van der Waals surface area contributed by atoms with Crippen LogP contribution in [0.25, 0.3) is 0 Å². The summed E-state index contributed by atoms with van der Waals surface area (Å²) < 4.78 is 0. The van der Waals surface area contributed by atoms with Gasteiger partial charge in [-0.1, -0.05) is 13.8 Å². The van der Waals surface area contributed by atoms with Crippen LogP contribution in [0.15, 0.2) is 6.07 Å². The molecule has 0 saturated carbocycles. The maximum atomic E-state index is 9.31. The number of nitriles is 1. The minimum absolute atomic E-state index is 0.419. The Morgan fingerprint density at radius 2 is 1.89 bits per heavy atom. The van der Waals surface area contributed by atoms with E-state index in [-0.39, 0.29) is 0 Å². The van der Waals surface area contributed by atoms with E-state index < -0.39 is 0 Å². The van der Waals surface area contributed by atoms with Crippen molar-refractivity contribution in [2.75, 3.05) is 18.0 Å². The van der Waals surface area contributed by atoms with Crippen LogP contribution < -0.4 is 4.90 Å². The van der Waals surface area contributed by atoms with E-state index >= 15 is 0 Å². The zero-order valence-corrected chi connectivity index (χ0v) is 11.7. The van der Waals surface area contributed by atoms with Crippen LogP contribution in [0.3, 0.4) is 0 Å². The van der Waals surface area contributed by atoms with Gasteiger partial charge in [-0.3, -0.25) is 0 Å². The molecule has 1 saturated heterocycles. The summed E-state index contributed by atoms with van der Waals surface area (Å²) in [4.78, 5) is 6.85. The molecule has 2 rings (SSSR count). The van der Waals surface area contributed by atoms with E-state index in [0.29, 0.717) is 5.41 Å². The van der Waals surface area contributed by atoms with Crippen molar-refractivity contribution >= 4 is 5.82 Å². The Balaban J connectivity index is 2.32. The third-order valence-electron chi connectivity index (χ3n) is 3.85. The van der Waals surface area contributed by atoms with Crippen molar-refractivity contribution in [1.29, 1.82) is 5.26 Å². The average Bonchev–Trinajstić information content (AvgIpc) is 2.28. The summed E-state index contributed by atoms with van der Waals surface area (Å²) in [6.07, 6.45) is 2.32. The monoisotopic (exact) mass is 243 g/mol. The quantitative estimate of drug-likeness (QED) is 0.760. The van der Waals surface area contributed by atoms with Crippen LogP contribution in [0.2, 0.25) is 0 Å². The smallest absolute Gasteiger partial charge is 0.147 e. The standard InChI is InChI=1S/C15H21N3/c1-11-9-12(2)17-14(13(11)10-16)18-7-5-15(3,4)6-8-18/h9H,5-8H2,1-4H3. The topological polar surface area (TPSA) is 39.9 Å². The second-order valence-corrected chi connectivity index (χ2v) is 6.04. The molecule has 0 amide bonds. The highest BCUT2D eigenvalue weighted by atomic mass is 15.2.